The first kappa shape index (κ1) is 19.7. The van der Waals surface area contributed by atoms with E-state index >= 15 is 0 Å². The van der Waals surface area contributed by atoms with Gasteiger partial charge in [0.15, 0.2) is 0 Å². The minimum absolute atomic E-state index is 0.162. The van der Waals surface area contributed by atoms with Crippen LogP contribution in [0.4, 0.5) is 15.8 Å². The number of carbonyl (C=O) groups is 2. The number of hydrogen-bond donors (Lipinski definition) is 1. The summed E-state index contributed by atoms with van der Waals surface area (Å²) in [6, 6.07) is 11.9. The summed E-state index contributed by atoms with van der Waals surface area (Å²) in [6.45, 7) is 2.81. The molecule has 6 nitrogen and oxygen atoms in total. The summed E-state index contributed by atoms with van der Waals surface area (Å²) < 4.78 is 18.6. The topological polar surface area (TPSA) is 61.9 Å². The molecule has 0 atom stereocenters. The largest absolute Gasteiger partial charge is 0.495 e. The van der Waals surface area contributed by atoms with E-state index in [0.29, 0.717) is 30.9 Å². The number of benzene rings is 2. The molecular weight excluding hydrogens is 361 g/mol. The Balaban J connectivity index is 1.64. The first-order chi connectivity index (χ1) is 13.6. The monoisotopic (exact) mass is 385 g/mol. The summed E-state index contributed by atoms with van der Waals surface area (Å²) >= 11 is 0. The average molecular weight is 385 g/mol. The normalized spacial score (nSPS) is 13.9. The highest BCUT2D eigenvalue weighted by atomic mass is 19.1. The number of nitrogens with one attached hydrogen (secondary N) is 1. The Morgan fingerprint density at radius 3 is 2.64 bits per heavy atom. The molecule has 0 saturated carbocycles. The predicted molar refractivity (Wildman–Crippen MR) is 106 cm³/mol. The van der Waals surface area contributed by atoms with Gasteiger partial charge in [-0.2, -0.15) is 0 Å². The molecule has 3 rings (SSSR count). The second kappa shape index (κ2) is 9.21. The Morgan fingerprint density at radius 2 is 1.96 bits per heavy atom. The quantitative estimate of drug-likeness (QED) is 0.745. The van der Waals surface area contributed by atoms with E-state index in [0.717, 1.165) is 30.8 Å². The lowest BCUT2D eigenvalue weighted by molar-refractivity contribution is -0.118. The van der Waals surface area contributed by atoms with Crippen LogP contribution in [0.25, 0.3) is 0 Å². The summed E-state index contributed by atoms with van der Waals surface area (Å²) in [4.78, 5) is 27.2. The van der Waals surface area contributed by atoms with Gasteiger partial charge in [-0.15, -0.1) is 0 Å². The molecule has 1 N–H and O–H groups in total. The average Bonchev–Trinajstić information content (AvgIpc) is 2.72. The van der Waals surface area contributed by atoms with Gasteiger partial charge in [0.1, 0.15) is 11.6 Å². The Morgan fingerprint density at radius 1 is 1.18 bits per heavy atom. The highest BCUT2D eigenvalue weighted by molar-refractivity contribution is 5.93. The van der Waals surface area contributed by atoms with Crippen molar-refractivity contribution >= 4 is 23.7 Å². The van der Waals surface area contributed by atoms with Crippen molar-refractivity contribution in [2.75, 3.05) is 43.5 Å². The molecule has 2 aromatic carbocycles. The zero-order valence-electron chi connectivity index (χ0n) is 15.9. The molecule has 7 heteroatoms. The first-order valence-electron chi connectivity index (χ1n) is 9.25. The van der Waals surface area contributed by atoms with Crippen molar-refractivity contribution in [2.24, 2.45) is 0 Å². The fourth-order valence-corrected chi connectivity index (χ4v) is 3.24. The maximum absolute atomic E-state index is 13.3. The van der Waals surface area contributed by atoms with E-state index in [1.807, 2.05) is 18.2 Å². The SMILES string of the molecule is COc1ccc(N2CCN(C=O)CC2)cc1NC(=O)CCc1cccc(F)c1. The van der Waals surface area contributed by atoms with Gasteiger partial charge in [0.25, 0.3) is 0 Å². The lowest BCUT2D eigenvalue weighted by atomic mass is 10.1. The summed E-state index contributed by atoms with van der Waals surface area (Å²) in [7, 11) is 1.56. The van der Waals surface area contributed by atoms with Gasteiger partial charge in [-0.25, -0.2) is 4.39 Å². The summed E-state index contributed by atoms with van der Waals surface area (Å²) in [5.74, 6) is 0.113. The highest BCUT2D eigenvalue weighted by Crippen LogP contribution is 2.30. The molecule has 2 aromatic rings. The van der Waals surface area contributed by atoms with Crippen LogP contribution in [0.3, 0.4) is 0 Å². The molecular formula is C21H24FN3O3. The Bertz CT molecular complexity index is 835. The molecule has 148 valence electrons. The van der Waals surface area contributed by atoms with Gasteiger partial charge >= 0.3 is 0 Å². The van der Waals surface area contributed by atoms with Gasteiger partial charge in [0, 0.05) is 38.3 Å². The molecule has 28 heavy (non-hydrogen) atoms. The van der Waals surface area contributed by atoms with E-state index < -0.39 is 0 Å². The third-order valence-corrected chi connectivity index (χ3v) is 4.82. The number of ether oxygens (including phenoxy) is 1. The minimum atomic E-state index is -0.304. The fourth-order valence-electron chi connectivity index (χ4n) is 3.24. The molecule has 0 bridgehead atoms. The van der Waals surface area contributed by atoms with Crippen molar-refractivity contribution in [2.45, 2.75) is 12.8 Å². The molecule has 1 saturated heterocycles. The molecule has 1 heterocycles. The fraction of sp³-hybridized carbons (Fsp3) is 0.333. The molecule has 1 aliphatic heterocycles. The molecule has 0 aliphatic carbocycles. The number of amides is 2. The van der Waals surface area contributed by atoms with Crippen molar-refractivity contribution in [3.8, 4) is 5.75 Å². The van der Waals surface area contributed by atoms with Gasteiger partial charge < -0.3 is 19.9 Å². The number of carbonyl (C=O) groups excluding carboxylic acids is 2. The zero-order chi connectivity index (χ0) is 19.9. The molecule has 2 amide bonds. The third kappa shape index (κ3) is 5.00. The number of aryl methyl sites for hydroxylation is 1. The maximum atomic E-state index is 13.3. The molecule has 1 aliphatic rings. The number of nitrogens with zero attached hydrogens (tertiary/aromatic N) is 2. The number of methoxy groups -OCH3 is 1. The van der Waals surface area contributed by atoms with Crippen LogP contribution in [-0.4, -0.2) is 50.5 Å². The van der Waals surface area contributed by atoms with E-state index in [9.17, 15) is 14.0 Å². The van der Waals surface area contributed by atoms with Crippen molar-refractivity contribution < 1.29 is 18.7 Å². The van der Waals surface area contributed by atoms with Crippen LogP contribution in [0.2, 0.25) is 0 Å². The number of anilines is 2. The second-order valence-corrected chi connectivity index (χ2v) is 6.69. The highest BCUT2D eigenvalue weighted by Gasteiger charge is 2.17. The van der Waals surface area contributed by atoms with Gasteiger partial charge in [-0.05, 0) is 42.3 Å². The Kier molecular flexibility index (Phi) is 6.47. The van der Waals surface area contributed by atoms with Crippen LogP contribution in [0.15, 0.2) is 42.5 Å². The molecule has 1 fully saturated rings. The van der Waals surface area contributed by atoms with E-state index in [1.54, 1.807) is 24.1 Å². The smallest absolute Gasteiger partial charge is 0.224 e. The maximum Gasteiger partial charge on any atom is 0.224 e. The van der Waals surface area contributed by atoms with Crippen molar-refractivity contribution in [3.05, 3.63) is 53.8 Å². The first-order valence-corrected chi connectivity index (χ1v) is 9.25. The van der Waals surface area contributed by atoms with Crippen molar-refractivity contribution in [1.82, 2.24) is 4.90 Å². The Hall–Kier alpha value is -3.09. The van der Waals surface area contributed by atoms with Crippen molar-refractivity contribution in [3.63, 3.8) is 0 Å². The lowest BCUT2D eigenvalue weighted by Gasteiger charge is -2.34. The molecule has 0 aromatic heterocycles. The van der Waals surface area contributed by atoms with Crippen LogP contribution in [-0.2, 0) is 16.0 Å². The van der Waals surface area contributed by atoms with Gasteiger partial charge in [-0.1, -0.05) is 12.1 Å². The Labute approximate surface area is 163 Å². The van der Waals surface area contributed by atoms with E-state index in [-0.39, 0.29) is 18.1 Å². The summed E-state index contributed by atoms with van der Waals surface area (Å²) in [6.07, 6.45) is 1.57. The number of hydrogen-bond acceptors (Lipinski definition) is 4. The molecule has 0 spiro atoms. The van der Waals surface area contributed by atoms with E-state index in [2.05, 4.69) is 10.2 Å². The van der Waals surface area contributed by atoms with Crippen molar-refractivity contribution in [1.29, 1.82) is 0 Å². The van der Waals surface area contributed by atoms with Crippen LogP contribution >= 0.6 is 0 Å². The van der Waals surface area contributed by atoms with Gasteiger partial charge in [0.2, 0.25) is 12.3 Å². The number of halogens is 1. The summed E-state index contributed by atoms with van der Waals surface area (Å²) in [5.41, 5.74) is 2.35. The third-order valence-electron chi connectivity index (χ3n) is 4.82. The lowest BCUT2D eigenvalue weighted by Crippen LogP contribution is -2.45. The van der Waals surface area contributed by atoms with Gasteiger partial charge in [-0.3, -0.25) is 9.59 Å². The standard InChI is InChI=1S/C21H24FN3O3/c1-28-20-7-6-18(25-11-9-24(15-26)10-12-25)14-19(20)23-21(27)8-5-16-3-2-4-17(22)13-16/h2-4,6-7,13-15H,5,8-12H2,1H3,(H,23,27). The number of piperazine rings is 1. The molecule has 0 unspecified atom stereocenters. The van der Waals surface area contributed by atoms with Crippen LogP contribution in [0.1, 0.15) is 12.0 Å². The van der Waals surface area contributed by atoms with Gasteiger partial charge in [0.05, 0.1) is 12.8 Å². The van der Waals surface area contributed by atoms with Crippen LogP contribution < -0.4 is 15.0 Å². The minimum Gasteiger partial charge on any atom is -0.495 e. The molecule has 0 radical (unpaired) electrons. The van der Waals surface area contributed by atoms with Crippen LogP contribution in [0.5, 0.6) is 5.75 Å². The summed E-state index contributed by atoms with van der Waals surface area (Å²) in [5, 5.41) is 2.89. The van der Waals surface area contributed by atoms with E-state index in [1.165, 1.54) is 12.1 Å². The van der Waals surface area contributed by atoms with Crippen LogP contribution in [0, 0.1) is 5.82 Å². The second-order valence-electron chi connectivity index (χ2n) is 6.69. The zero-order valence-corrected chi connectivity index (χ0v) is 15.9. The van der Waals surface area contributed by atoms with E-state index in [4.69, 9.17) is 4.74 Å². The number of rotatable bonds is 7. The predicted octanol–water partition coefficient (Wildman–Crippen LogP) is 2.68.